The quantitative estimate of drug-likeness (QED) is 0.359. The maximum atomic E-state index is 13.3. The van der Waals surface area contributed by atoms with E-state index in [1.807, 2.05) is 0 Å². The molecule has 0 fully saturated rings. The highest BCUT2D eigenvalue weighted by molar-refractivity contribution is 7.86. The number of benzene rings is 1. The van der Waals surface area contributed by atoms with Gasteiger partial charge in [-0.25, -0.2) is 4.79 Å². The molecule has 0 amide bonds. The normalized spacial score (nSPS) is 14.2. The van der Waals surface area contributed by atoms with Gasteiger partial charge in [0.1, 0.15) is 7.85 Å². The van der Waals surface area contributed by atoms with Gasteiger partial charge in [0, 0.05) is 0 Å². The number of esters is 1. The summed E-state index contributed by atoms with van der Waals surface area (Å²) in [6.45, 7) is 0. The Morgan fingerprint density at radius 3 is 2.21 bits per heavy atom. The first-order valence-electron chi connectivity index (χ1n) is 5.92. The van der Waals surface area contributed by atoms with E-state index in [2.05, 4.69) is 4.74 Å². The highest BCUT2D eigenvalue weighted by atomic mass is 32.2. The Morgan fingerprint density at radius 2 is 1.79 bits per heavy atom. The highest BCUT2D eigenvalue weighted by Crippen LogP contribution is 2.38. The van der Waals surface area contributed by atoms with Gasteiger partial charge in [-0.3, -0.25) is 4.55 Å². The van der Waals surface area contributed by atoms with Gasteiger partial charge in [0.15, 0.2) is 0 Å². The summed E-state index contributed by atoms with van der Waals surface area (Å²) in [6.07, 6.45) is -10.8. The largest absolute Gasteiger partial charge is 0.441 e. The van der Waals surface area contributed by atoms with E-state index in [9.17, 15) is 35.2 Å². The molecule has 1 rings (SSSR count). The zero-order valence-corrected chi connectivity index (χ0v) is 12.4. The van der Waals surface area contributed by atoms with Crippen LogP contribution in [0.4, 0.5) is 22.0 Å². The predicted octanol–water partition coefficient (Wildman–Crippen LogP) is 0.717. The van der Waals surface area contributed by atoms with E-state index >= 15 is 0 Å². The van der Waals surface area contributed by atoms with Crippen LogP contribution >= 0.6 is 0 Å². The first-order valence-corrected chi connectivity index (χ1v) is 7.36. The number of carbonyl (C=O) groups excluding carboxylic acids is 1. The van der Waals surface area contributed by atoms with Crippen LogP contribution in [0, 0.1) is 0 Å². The van der Waals surface area contributed by atoms with Crippen LogP contribution in [-0.2, 0) is 21.2 Å². The fourth-order valence-electron chi connectivity index (χ4n) is 1.59. The Balaban J connectivity index is 3.32. The summed E-state index contributed by atoms with van der Waals surface area (Å²) in [7, 11) is 4.08. The molecule has 0 heterocycles. The maximum Gasteiger partial charge on any atom is 0.432 e. The van der Waals surface area contributed by atoms with Crippen LogP contribution in [0.1, 0.15) is 15.9 Å². The highest BCUT2D eigenvalue weighted by Gasteiger charge is 2.66. The number of hydrogen-bond acceptors (Lipinski definition) is 4. The molecule has 0 aromatic heterocycles. The van der Waals surface area contributed by atoms with Gasteiger partial charge in [-0.1, -0.05) is 30.0 Å². The first kappa shape index (κ1) is 20.4. The lowest BCUT2D eigenvalue weighted by molar-refractivity contribution is -0.248. The van der Waals surface area contributed by atoms with Crippen LogP contribution in [0.15, 0.2) is 18.2 Å². The maximum absolute atomic E-state index is 13.3. The van der Waals surface area contributed by atoms with Gasteiger partial charge in [0.25, 0.3) is 6.10 Å². The molecule has 0 spiro atoms. The summed E-state index contributed by atoms with van der Waals surface area (Å²) in [5, 5.41) is -5.82. The van der Waals surface area contributed by atoms with Crippen molar-refractivity contribution < 1.29 is 44.5 Å². The molecule has 1 unspecified atom stereocenters. The lowest BCUT2D eigenvalue weighted by Gasteiger charge is -2.26. The summed E-state index contributed by atoms with van der Waals surface area (Å²) >= 11 is 0. The lowest BCUT2D eigenvalue weighted by Crippen LogP contribution is -2.52. The number of carbonyl (C=O) groups is 1. The number of hydrogen-bond donors (Lipinski definition) is 1. The third-order valence-corrected chi connectivity index (χ3v) is 3.65. The van der Waals surface area contributed by atoms with Gasteiger partial charge < -0.3 is 4.74 Å². The fourth-order valence-corrected chi connectivity index (χ4v) is 2.05. The van der Waals surface area contributed by atoms with Crippen molar-refractivity contribution in [3.8, 4) is 0 Å². The molecule has 0 saturated carbocycles. The van der Waals surface area contributed by atoms with Crippen LogP contribution in [-0.4, -0.2) is 52.2 Å². The molecule has 0 bridgehead atoms. The Bertz CT molecular complexity index is 735. The van der Waals surface area contributed by atoms with Gasteiger partial charge >= 0.3 is 27.5 Å². The minimum absolute atomic E-state index is 0.0784. The average molecular weight is 368 g/mol. The molecule has 0 aliphatic heterocycles. The molecule has 5 nitrogen and oxygen atoms in total. The Labute approximate surface area is 135 Å². The van der Waals surface area contributed by atoms with Crippen LogP contribution in [0.3, 0.4) is 0 Å². The summed E-state index contributed by atoms with van der Waals surface area (Å²) in [5.74, 6) is -1.94. The molecular weight excluding hydrogens is 361 g/mol. The van der Waals surface area contributed by atoms with E-state index in [-0.39, 0.29) is 17.3 Å². The number of halogens is 5. The third-order valence-electron chi connectivity index (χ3n) is 2.75. The second-order valence-electron chi connectivity index (χ2n) is 4.48. The molecule has 13 heteroatoms. The summed E-state index contributed by atoms with van der Waals surface area (Å²) in [4.78, 5) is 11.8. The van der Waals surface area contributed by atoms with Crippen LogP contribution in [0.5, 0.6) is 0 Å². The number of ether oxygens (including phenoxy) is 1. The van der Waals surface area contributed by atoms with E-state index in [0.717, 1.165) is 12.1 Å². The fraction of sp³-hybridized carbons (Fsp3) is 0.364. The summed E-state index contributed by atoms with van der Waals surface area (Å²) < 4.78 is 97.7. The van der Waals surface area contributed by atoms with Crippen molar-refractivity contribution in [1.82, 2.24) is 0 Å². The molecule has 128 valence electrons. The second-order valence-corrected chi connectivity index (χ2v) is 5.98. The van der Waals surface area contributed by atoms with Crippen molar-refractivity contribution in [3.05, 3.63) is 29.3 Å². The SMILES string of the molecule is [B]Cc1ccc([B])cc1C(=O)OC(C(F)(F)F)C(F)(F)S(=O)(=O)O. The average Bonchev–Trinajstić information content (AvgIpc) is 2.41. The molecule has 4 radical (unpaired) electrons. The van der Waals surface area contributed by atoms with E-state index in [4.69, 9.17) is 20.2 Å². The van der Waals surface area contributed by atoms with Crippen molar-refractivity contribution in [2.45, 2.75) is 23.9 Å². The van der Waals surface area contributed by atoms with Crippen LogP contribution in [0.25, 0.3) is 0 Å². The predicted molar refractivity (Wildman–Crippen MR) is 73.0 cm³/mol. The van der Waals surface area contributed by atoms with Crippen molar-refractivity contribution >= 4 is 37.2 Å². The Morgan fingerprint density at radius 1 is 1.25 bits per heavy atom. The van der Waals surface area contributed by atoms with Gasteiger partial charge in [-0.05, 0) is 5.56 Å². The van der Waals surface area contributed by atoms with E-state index in [0.29, 0.717) is 0 Å². The topological polar surface area (TPSA) is 80.7 Å². The molecular formula is C11H7B2F5O5S. The molecule has 0 aliphatic rings. The molecule has 1 atom stereocenters. The van der Waals surface area contributed by atoms with Crippen molar-refractivity contribution in [1.29, 1.82) is 0 Å². The monoisotopic (exact) mass is 368 g/mol. The standard InChI is InChI=1S/C11H7B2F5O5S/c12-4-5-1-2-6(13)3-7(5)8(19)23-9(10(14,15)16)11(17,18)24(20,21)22/h1-3,9H,4H2,(H,20,21,22). The summed E-state index contributed by atoms with van der Waals surface area (Å²) in [5.41, 5.74) is -0.840. The van der Waals surface area contributed by atoms with Gasteiger partial charge in [-0.2, -0.15) is 30.4 Å². The van der Waals surface area contributed by atoms with Gasteiger partial charge in [0.05, 0.1) is 13.4 Å². The Kier molecular flexibility index (Phi) is 5.71. The molecule has 0 saturated heterocycles. The van der Waals surface area contributed by atoms with E-state index in [1.165, 1.54) is 6.07 Å². The zero-order valence-electron chi connectivity index (χ0n) is 11.5. The van der Waals surface area contributed by atoms with E-state index < -0.39 is 39.2 Å². The summed E-state index contributed by atoms with van der Waals surface area (Å²) in [6, 6.07) is 3.21. The minimum atomic E-state index is -6.52. The van der Waals surface area contributed by atoms with Gasteiger partial charge in [0.2, 0.25) is 0 Å². The minimum Gasteiger partial charge on any atom is -0.441 e. The molecule has 1 aromatic rings. The zero-order chi connectivity index (χ0) is 18.9. The number of alkyl halides is 5. The Hall–Kier alpha value is -1.62. The van der Waals surface area contributed by atoms with Crippen molar-refractivity contribution in [2.24, 2.45) is 0 Å². The van der Waals surface area contributed by atoms with Crippen LogP contribution < -0.4 is 5.46 Å². The second kappa shape index (κ2) is 6.71. The molecule has 1 aromatic carbocycles. The lowest BCUT2D eigenvalue weighted by atomic mass is 9.87. The molecule has 0 aliphatic carbocycles. The third kappa shape index (κ3) is 4.26. The molecule has 1 N–H and O–H groups in total. The van der Waals surface area contributed by atoms with Gasteiger partial charge in [-0.15, -0.1) is 0 Å². The van der Waals surface area contributed by atoms with Crippen molar-refractivity contribution in [2.75, 3.05) is 0 Å². The molecule has 24 heavy (non-hydrogen) atoms. The smallest absolute Gasteiger partial charge is 0.432 e. The number of rotatable bonds is 5. The van der Waals surface area contributed by atoms with E-state index in [1.54, 1.807) is 0 Å². The van der Waals surface area contributed by atoms with Crippen molar-refractivity contribution in [3.63, 3.8) is 0 Å². The first-order chi connectivity index (χ1) is 10.7. The van der Waals surface area contributed by atoms with Crippen LogP contribution in [0.2, 0.25) is 0 Å².